The molecule has 2 aliphatic rings. The van der Waals surface area contributed by atoms with Gasteiger partial charge in [0.1, 0.15) is 10.7 Å². The van der Waals surface area contributed by atoms with E-state index in [4.69, 9.17) is 0 Å². The van der Waals surface area contributed by atoms with Crippen LogP contribution in [0.2, 0.25) is 0 Å². The van der Waals surface area contributed by atoms with Crippen molar-refractivity contribution in [2.75, 3.05) is 62.2 Å². The molecule has 2 saturated heterocycles. The molecule has 10 heteroatoms. The average Bonchev–Trinajstić information content (AvgIpc) is 3.39. The highest BCUT2D eigenvalue weighted by Crippen LogP contribution is 2.39. The number of nitrogens with zero attached hydrogens (tertiary/aromatic N) is 5. The number of piperazine rings is 2. The lowest BCUT2D eigenvalue weighted by molar-refractivity contribution is 0.102. The lowest BCUT2D eigenvalue weighted by Gasteiger charge is -2.37. The molecule has 8 nitrogen and oxygen atoms in total. The predicted molar refractivity (Wildman–Crippen MR) is 154 cm³/mol. The predicted octanol–water partition coefficient (Wildman–Crippen LogP) is 4.18. The molecule has 0 spiro atoms. The molecular weight excluding hydrogens is 518 g/mol. The number of benzene rings is 1. The summed E-state index contributed by atoms with van der Waals surface area (Å²) >= 11 is 1.45. The molecule has 0 radical (unpaired) electrons. The Hall–Kier alpha value is -3.05. The SMILES string of the molecule is C=C1CN(S(=O)(=O)c2ccc(N3CCN(CC)CC3)nc2)CCN1c1cc(-c2ccccc2)sc1C(C)=O. The Labute approximate surface area is 228 Å². The number of ketones is 1. The number of likely N-dealkylation sites (N-methyl/N-ethyl adjacent to an activating group) is 1. The summed E-state index contributed by atoms with van der Waals surface area (Å²) in [4.78, 5) is 25.4. The minimum absolute atomic E-state index is 0.0164. The highest BCUT2D eigenvalue weighted by atomic mass is 32.2. The zero-order valence-electron chi connectivity index (χ0n) is 21.8. The molecule has 2 aliphatic heterocycles. The summed E-state index contributed by atoms with van der Waals surface area (Å²) in [5, 5.41) is 0. The second-order valence-corrected chi connectivity index (χ2v) is 12.6. The molecule has 0 atom stereocenters. The Kier molecular flexibility index (Phi) is 7.67. The van der Waals surface area contributed by atoms with E-state index in [2.05, 4.69) is 28.3 Å². The van der Waals surface area contributed by atoms with Gasteiger partial charge in [-0.15, -0.1) is 11.3 Å². The van der Waals surface area contributed by atoms with E-state index < -0.39 is 10.0 Å². The van der Waals surface area contributed by atoms with E-state index >= 15 is 0 Å². The number of sulfonamides is 1. The van der Waals surface area contributed by atoms with Gasteiger partial charge in [-0.05, 0) is 30.3 Å². The smallest absolute Gasteiger partial charge is 0.245 e. The molecule has 0 aliphatic carbocycles. The summed E-state index contributed by atoms with van der Waals surface area (Å²) in [6, 6.07) is 15.4. The van der Waals surface area contributed by atoms with E-state index in [9.17, 15) is 13.2 Å². The number of carbonyl (C=O) groups excluding carboxylic acids is 1. The molecule has 0 bridgehead atoms. The van der Waals surface area contributed by atoms with Crippen molar-refractivity contribution in [3.63, 3.8) is 0 Å². The van der Waals surface area contributed by atoms with E-state index in [1.807, 2.05) is 41.3 Å². The summed E-state index contributed by atoms with van der Waals surface area (Å²) < 4.78 is 28.4. The summed E-state index contributed by atoms with van der Waals surface area (Å²) in [7, 11) is -3.73. The van der Waals surface area contributed by atoms with E-state index in [0.29, 0.717) is 17.1 Å². The average molecular weight is 552 g/mol. The number of Topliss-reactive ketones (excluding diaryl/α,β-unsaturated/α-hetero) is 1. The van der Waals surface area contributed by atoms with Crippen LogP contribution < -0.4 is 9.80 Å². The first-order chi connectivity index (χ1) is 18.3. The number of pyridine rings is 1. The van der Waals surface area contributed by atoms with Gasteiger partial charge in [0.15, 0.2) is 5.78 Å². The topological polar surface area (TPSA) is 77.1 Å². The quantitative estimate of drug-likeness (QED) is 0.408. The standard InChI is InChI=1S/C28H33N5O3S2/c1-4-30-12-14-31(15-13-30)27-11-10-24(19-29-27)38(35,36)32-16-17-33(21(2)20-32)25-18-26(37-28(25)22(3)34)23-8-6-5-7-9-23/h5-11,18-19H,2,4,12-17,20H2,1,3H3. The zero-order valence-corrected chi connectivity index (χ0v) is 23.5. The molecule has 2 fully saturated rings. The largest absolute Gasteiger partial charge is 0.354 e. The van der Waals surface area contributed by atoms with Crippen LogP contribution in [0.4, 0.5) is 11.5 Å². The number of carbonyl (C=O) groups is 1. The molecule has 5 rings (SSSR count). The van der Waals surface area contributed by atoms with Crippen molar-refractivity contribution in [3.8, 4) is 10.4 Å². The van der Waals surface area contributed by atoms with Gasteiger partial charge < -0.3 is 14.7 Å². The molecule has 38 heavy (non-hydrogen) atoms. The lowest BCUT2D eigenvalue weighted by Crippen LogP contribution is -2.47. The first-order valence-corrected chi connectivity index (χ1v) is 15.1. The lowest BCUT2D eigenvalue weighted by atomic mass is 10.1. The van der Waals surface area contributed by atoms with Crippen molar-refractivity contribution in [1.82, 2.24) is 14.2 Å². The summed E-state index contributed by atoms with van der Waals surface area (Å²) in [6.45, 7) is 13.5. The van der Waals surface area contributed by atoms with Gasteiger partial charge in [-0.1, -0.05) is 43.8 Å². The van der Waals surface area contributed by atoms with Gasteiger partial charge >= 0.3 is 0 Å². The molecule has 200 valence electrons. The number of hydrogen-bond acceptors (Lipinski definition) is 8. The van der Waals surface area contributed by atoms with Crippen molar-refractivity contribution in [2.24, 2.45) is 0 Å². The third-order valence-electron chi connectivity index (χ3n) is 7.20. The monoisotopic (exact) mass is 551 g/mol. The van der Waals surface area contributed by atoms with Crippen molar-refractivity contribution in [2.45, 2.75) is 18.7 Å². The second-order valence-electron chi connectivity index (χ2n) is 9.58. The Morgan fingerprint density at radius 2 is 1.76 bits per heavy atom. The van der Waals surface area contributed by atoms with Crippen LogP contribution in [-0.4, -0.2) is 80.7 Å². The highest BCUT2D eigenvalue weighted by Gasteiger charge is 2.33. The van der Waals surface area contributed by atoms with Crippen LogP contribution in [0.1, 0.15) is 23.5 Å². The van der Waals surface area contributed by atoms with Crippen molar-refractivity contribution in [3.05, 3.63) is 71.9 Å². The van der Waals surface area contributed by atoms with Gasteiger partial charge in [0.25, 0.3) is 0 Å². The number of anilines is 2. The van der Waals surface area contributed by atoms with Crippen molar-refractivity contribution < 1.29 is 13.2 Å². The fraction of sp³-hybridized carbons (Fsp3) is 0.357. The Balaban J connectivity index is 1.30. The third-order valence-corrected chi connectivity index (χ3v) is 10.3. The van der Waals surface area contributed by atoms with E-state index in [1.165, 1.54) is 21.8 Å². The number of hydrogen-bond donors (Lipinski definition) is 0. The van der Waals surface area contributed by atoms with Crippen molar-refractivity contribution in [1.29, 1.82) is 0 Å². The Morgan fingerprint density at radius 3 is 2.37 bits per heavy atom. The fourth-order valence-corrected chi connectivity index (χ4v) is 7.39. The van der Waals surface area contributed by atoms with Crippen LogP contribution in [0.5, 0.6) is 0 Å². The number of aromatic nitrogens is 1. The first-order valence-electron chi connectivity index (χ1n) is 12.9. The van der Waals surface area contributed by atoms with Gasteiger partial charge in [0, 0.05) is 63.0 Å². The summed E-state index contributed by atoms with van der Waals surface area (Å²) in [5.41, 5.74) is 2.47. The number of thiophene rings is 1. The molecular formula is C28H33N5O3S2. The van der Waals surface area contributed by atoms with Gasteiger partial charge in [-0.3, -0.25) is 4.79 Å². The molecule has 0 N–H and O–H groups in total. The van der Waals surface area contributed by atoms with Crippen LogP contribution in [0.15, 0.2) is 71.9 Å². The molecule has 2 aromatic heterocycles. The minimum Gasteiger partial charge on any atom is -0.354 e. The van der Waals surface area contributed by atoms with E-state index in [1.54, 1.807) is 19.1 Å². The molecule has 0 amide bonds. The van der Waals surface area contributed by atoms with Gasteiger partial charge in [0.2, 0.25) is 10.0 Å². The van der Waals surface area contributed by atoms with Gasteiger partial charge in [-0.2, -0.15) is 4.31 Å². The second kappa shape index (κ2) is 11.0. The normalized spacial score (nSPS) is 17.7. The Morgan fingerprint density at radius 1 is 1.03 bits per heavy atom. The molecule has 0 saturated carbocycles. The molecule has 1 aromatic carbocycles. The number of rotatable bonds is 7. The summed E-state index contributed by atoms with van der Waals surface area (Å²) in [6.07, 6.45) is 1.46. The first kappa shape index (κ1) is 26.6. The summed E-state index contributed by atoms with van der Waals surface area (Å²) in [5.74, 6) is 0.787. The molecule has 4 heterocycles. The zero-order chi connectivity index (χ0) is 26.9. The van der Waals surface area contributed by atoms with Crippen LogP contribution in [0.25, 0.3) is 10.4 Å². The fourth-order valence-electron chi connectivity index (χ4n) is 4.97. The van der Waals surface area contributed by atoms with E-state index in [0.717, 1.165) is 54.7 Å². The van der Waals surface area contributed by atoms with Crippen LogP contribution >= 0.6 is 11.3 Å². The maximum Gasteiger partial charge on any atom is 0.245 e. The van der Waals surface area contributed by atoms with Crippen LogP contribution in [0.3, 0.4) is 0 Å². The van der Waals surface area contributed by atoms with Gasteiger partial charge in [0.05, 0.1) is 17.1 Å². The minimum atomic E-state index is -3.73. The highest BCUT2D eigenvalue weighted by molar-refractivity contribution is 7.89. The Bertz CT molecular complexity index is 1410. The van der Waals surface area contributed by atoms with Crippen molar-refractivity contribution >= 4 is 38.6 Å². The third kappa shape index (κ3) is 5.26. The molecule has 0 unspecified atom stereocenters. The maximum atomic E-state index is 13.5. The van der Waals surface area contributed by atoms with Crippen LogP contribution in [0, 0.1) is 0 Å². The maximum absolute atomic E-state index is 13.5. The van der Waals surface area contributed by atoms with Crippen LogP contribution in [-0.2, 0) is 10.0 Å². The van der Waals surface area contributed by atoms with Gasteiger partial charge in [-0.25, -0.2) is 13.4 Å². The van der Waals surface area contributed by atoms with E-state index in [-0.39, 0.29) is 23.8 Å². The molecule has 3 aromatic rings.